The molecule has 1 saturated heterocycles. The van der Waals surface area contributed by atoms with Crippen molar-refractivity contribution < 1.29 is 9.21 Å². The van der Waals surface area contributed by atoms with Crippen molar-refractivity contribution in [1.29, 1.82) is 0 Å². The number of rotatable bonds is 4. The van der Waals surface area contributed by atoms with Gasteiger partial charge in [-0.3, -0.25) is 9.69 Å². The van der Waals surface area contributed by atoms with Gasteiger partial charge in [-0.25, -0.2) is 4.98 Å². The van der Waals surface area contributed by atoms with E-state index in [1.807, 2.05) is 23.8 Å². The quantitative estimate of drug-likeness (QED) is 0.853. The molecule has 0 bridgehead atoms. The Labute approximate surface area is 146 Å². The Morgan fingerprint density at radius 3 is 2.88 bits per heavy atom. The lowest BCUT2D eigenvalue weighted by Gasteiger charge is -2.37. The third-order valence-corrected chi connectivity index (χ3v) is 5.82. The molecule has 6 heteroatoms. The van der Waals surface area contributed by atoms with E-state index in [4.69, 9.17) is 4.42 Å². The standard InChI is InChI=1S/C18H23N3O2S/c1-13-16(19-18(23-13)14-6-9-24-12-14)10-20-7-8-21(17(22)11-20)15-4-2-3-5-15/h6,9,12,15H,2-5,7-8,10-11H2,1H3. The maximum absolute atomic E-state index is 12.5. The zero-order chi connectivity index (χ0) is 16.5. The van der Waals surface area contributed by atoms with Crippen molar-refractivity contribution in [2.24, 2.45) is 0 Å². The van der Waals surface area contributed by atoms with E-state index in [1.54, 1.807) is 11.3 Å². The van der Waals surface area contributed by atoms with Gasteiger partial charge in [0.05, 0.1) is 12.2 Å². The van der Waals surface area contributed by atoms with Gasteiger partial charge < -0.3 is 9.32 Å². The van der Waals surface area contributed by atoms with E-state index in [0.717, 1.165) is 30.1 Å². The summed E-state index contributed by atoms with van der Waals surface area (Å²) in [6, 6.07) is 2.50. The van der Waals surface area contributed by atoms with Crippen molar-refractivity contribution in [3.8, 4) is 11.5 Å². The molecule has 1 saturated carbocycles. The van der Waals surface area contributed by atoms with E-state index in [2.05, 4.69) is 14.8 Å². The number of aryl methyl sites for hydroxylation is 1. The van der Waals surface area contributed by atoms with Gasteiger partial charge in [0.2, 0.25) is 11.8 Å². The normalized spacial score (nSPS) is 20.2. The fourth-order valence-electron chi connectivity index (χ4n) is 3.77. The van der Waals surface area contributed by atoms with Crippen molar-refractivity contribution in [2.45, 2.75) is 45.2 Å². The van der Waals surface area contributed by atoms with Gasteiger partial charge in [-0.1, -0.05) is 12.8 Å². The highest BCUT2D eigenvalue weighted by Crippen LogP contribution is 2.27. The zero-order valence-corrected chi connectivity index (χ0v) is 14.8. The van der Waals surface area contributed by atoms with Crippen LogP contribution in [-0.4, -0.2) is 46.4 Å². The van der Waals surface area contributed by atoms with Crippen LogP contribution in [-0.2, 0) is 11.3 Å². The van der Waals surface area contributed by atoms with Gasteiger partial charge >= 0.3 is 0 Å². The lowest BCUT2D eigenvalue weighted by atomic mass is 10.1. The highest BCUT2D eigenvalue weighted by Gasteiger charge is 2.31. The van der Waals surface area contributed by atoms with Crippen LogP contribution in [0, 0.1) is 6.92 Å². The largest absolute Gasteiger partial charge is 0.441 e. The summed E-state index contributed by atoms with van der Waals surface area (Å²) in [6.07, 6.45) is 4.89. The van der Waals surface area contributed by atoms with Crippen LogP contribution in [0.3, 0.4) is 0 Å². The summed E-state index contributed by atoms with van der Waals surface area (Å²) in [5, 5.41) is 4.06. The van der Waals surface area contributed by atoms with E-state index in [1.165, 1.54) is 25.7 Å². The van der Waals surface area contributed by atoms with Gasteiger partial charge in [-0.05, 0) is 31.2 Å². The SMILES string of the molecule is Cc1oc(-c2ccsc2)nc1CN1CCN(C2CCCC2)C(=O)C1. The molecule has 0 spiro atoms. The summed E-state index contributed by atoms with van der Waals surface area (Å²) < 4.78 is 5.80. The molecule has 1 aliphatic carbocycles. The van der Waals surface area contributed by atoms with Crippen molar-refractivity contribution in [2.75, 3.05) is 19.6 Å². The molecule has 2 aromatic rings. The molecule has 0 radical (unpaired) electrons. The molecule has 0 N–H and O–H groups in total. The van der Waals surface area contributed by atoms with Gasteiger partial charge in [0, 0.05) is 36.6 Å². The Morgan fingerprint density at radius 2 is 2.17 bits per heavy atom. The number of hydrogen-bond acceptors (Lipinski definition) is 5. The van der Waals surface area contributed by atoms with Crippen molar-refractivity contribution in [3.05, 3.63) is 28.3 Å². The van der Waals surface area contributed by atoms with Crippen molar-refractivity contribution >= 4 is 17.2 Å². The molecule has 4 rings (SSSR count). The van der Waals surface area contributed by atoms with Gasteiger partial charge in [-0.15, -0.1) is 0 Å². The van der Waals surface area contributed by atoms with E-state index in [-0.39, 0.29) is 5.91 Å². The summed E-state index contributed by atoms with van der Waals surface area (Å²) in [7, 11) is 0. The summed E-state index contributed by atoms with van der Waals surface area (Å²) >= 11 is 1.64. The third-order valence-electron chi connectivity index (χ3n) is 5.14. The number of nitrogens with zero attached hydrogens (tertiary/aromatic N) is 3. The van der Waals surface area contributed by atoms with Crippen LogP contribution in [0.15, 0.2) is 21.2 Å². The minimum absolute atomic E-state index is 0.271. The van der Waals surface area contributed by atoms with Crippen molar-refractivity contribution in [1.82, 2.24) is 14.8 Å². The first kappa shape index (κ1) is 15.8. The summed E-state index contributed by atoms with van der Waals surface area (Å²) in [6.45, 7) is 4.90. The van der Waals surface area contributed by atoms with Crippen molar-refractivity contribution in [3.63, 3.8) is 0 Å². The molecule has 2 fully saturated rings. The molecule has 1 amide bonds. The summed E-state index contributed by atoms with van der Waals surface area (Å²) in [5.74, 6) is 1.80. The number of amides is 1. The van der Waals surface area contributed by atoms with E-state index in [0.29, 0.717) is 25.0 Å². The van der Waals surface area contributed by atoms with Gasteiger partial charge in [0.25, 0.3) is 0 Å². The van der Waals surface area contributed by atoms with E-state index < -0.39 is 0 Å². The smallest absolute Gasteiger partial charge is 0.237 e. The first-order valence-electron chi connectivity index (χ1n) is 8.71. The fourth-order valence-corrected chi connectivity index (χ4v) is 4.40. The second-order valence-corrected chi connectivity index (χ2v) is 7.55. The maximum Gasteiger partial charge on any atom is 0.237 e. The average Bonchev–Trinajstić information content (AvgIpc) is 3.30. The minimum Gasteiger partial charge on any atom is -0.441 e. The summed E-state index contributed by atoms with van der Waals surface area (Å²) in [4.78, 5) is 21.4. The second-order valence-electron chi connectivity index (χ2n) is 6.77. The topological polar surface area (TPSA) is 49.6 Å². The number of carbonyl (C=O) groups is 1. The van der Waals surface area contributed by atoms with Crippen LogP contribution in [0.2, 0.25) is 0 Å². The van der Waals surface area contributed by atoms with Gasteiger partial charge in [0.1, 0.15) is 5.76 Å². The lowest BCUT2D eigenvalue weighted by Crippen LogP contribution is -2.53. The number of carbonyl (C=O) groups excluding carboxylic acids is 1. The monoisotopic (exact) mass is 345 g/mol. The fraction of sp³-hybridized carbons (Fsp3) is 0.556. The Kier molecular flexibility index (Phi) is 4.41. The number of thiophene rings is 1. The molecule has 2 aromatic heterocycles. The van der Waals surface area contributed by atoms with Crippen LogP contribution in [0.25, 0.3) is 11.5 Å². The minimum atomic E-state index is 0.271. The van der Waals surface area contributed by atoms with E-state index in [9.17, 15) is 4.79 Å². The first-order valence-corrected chi connectivity index (χ1v) is 9.65. The molecular weight excluding hydrogens is 322 g/mol. The van der Waals surface area contributed by atoms with Crippen LogP contribution in [0.5, 0.6) is 0 Å². The predicted molar refractivity (Wildman–Crippen MR) is 93.8 cm³/mol. The van der Waals surface area contributed by atoms with Gasteiger partial charge in [0.15, 0.2) is 0 Å². The number of hydrogen-bond donors (Lipinski definition) is 0. The second kappa shape index (κ2) is 6.69. The number of oxazole rings is 1. The van der Waals surface area contributed by atoms with E-state index >= 15 is 0 Å². The van der Waals surface area contributed by atoms with Crippen LogP contribution < -0.4 is 0 Å². The zero-order valence-electron chi connectivity index (χ0n) is 14.0. The Balaban J connectivity index is 1.41. The molecule has 0 unspecified atom stereocenters. The summed E-state index contributed by atoms with van der Waals surface area (Å²) in [5.41, 5.74) is 1.97. The first-order chi connectivity index (χ1) is 11.7. The Hall–Kier alpha value is -1.66. The molecule has 2 aliphatic rings. The number of aromatic nitrogens is 1. The molecular formula is C18H23N3O2S. The molecule has 24 heavy (non-hydrogen) atoms. The van der Waals surface area contributed by atoms with Gasteiger partial charge in [-0.2, -0.15) is 11.3 Å². The maximum atomic E-state index is 12.5. The highest BCUT2D eigenvalue weighted by atomic mass is 32.1. The molecule has 3 heterocycles. The Morgan fingerprint density at radius 1 is 1.33 bits per heavy atom. The molecule has 128 valence electrons. The third kappa shape index (κ3) is 3.13. The molecule has 0 atom stereocenters. The lowest BCUT2D eigenvalue weighted by molar-refractivity contribution is -0.138. The van der Waals surface area contributed by atoms with Crippen LogP contribution in [0.1, 0.15) is 37.1 Å². The highest BCUT2D eigenvalue weighted by molar-refractivity contribution is 7.08. The van der Waals surface area contributed by atoms with Crippen LogP contribution in [0.4, 0.5) is 0 Å². The van der Waals surface area contributed by atoms with Crippen LogP contribution >= 0.6 is 11.3 Å². The molecule has 1 aliphatic heterocycles. The average molecular weight is 345 g/mol. The molecule has 0 aromatic carbocycles. The Bertz CT molecular complexity index is 704. The number of piperazine rings is 1. The molecule has 5 nitrogen and oxygen atoms in total. The predicted octanol–water partition coefficient (Wildman–Crippen LogP) is 3.30.